The van der Waals surface area contributed by atoms with E-state index in [4.69, 9.17) is 0 Å². The first-order chi connectivity index (χ1) is 9.97. The lowest BCUT2D eigenvalue weighted by Crippen LogP contribution is -2.48. The van der Waals surface area contributed by atoms with Gasteiger partial charge in [-0.2, -0.15) is 0 Å². The number of nitrogens with zero attached hydrogens (tertiary/aromatic N) is 2. The number of carbonyl (C=O) groups excluding carboxylic acids is 1. The Bertz CT molecular complexity index is 391. The van der Waals surface area contributed by atoms with Crippen LogP contribution in [0, 0.1) is 17.3 Å². The van der Waals surface area contributed by atoms with E-state index in [-0.39, 0.29) is 5.91 Å². The maximum atomic E-state index is 11.9. The van der Waals surface area contributed by atoms with Gasteiger partial charge in [0.15, 0.2) is 5.96 Å². The molecule has 2 aliphatic rings. The number of guanidine groups is 1. The molecule has 1 heterocycles. The fourth-order valence-electron chi connectivity index (χ4n) is 3.63. The van der Waals surface area contributed by atoms with Crippen molar-refractivity contribution in [3.8, 4) is 0 Å². The molecule has 0 spiro atoms. The first kappa shape index (κ1) is 16.1. The van der Waals surface area contributed by atoms with Crippen LogP contribution >= 0.6 is 0 Å². The molecule has 1 aliphatic carbocycles. The first-order valence-electron chi connectivity index (χ1n) is 8.15. The van der Waals surface area contributed by atoms with E-state index in [0.29, 0.717) is 6.54 Å². The Morgan fingerprint density at radius 3 is 2.29 bits per heavy atom. The third-order valence-electron chi connectivity index (χ3n) is 5.02. The molecule has 2 atom stereocenters. The van der Waals surface area contributed by atoms with Crippen LogP contribution in [0.5, 0.6) is 0 Å². The lowest BCUT2D eigenvalue weighted by Gasteiger charge is -2.27. The minimum Gasteiger partial charge on any atom is -0.359 e. The molecule has 0 aromatic rings. The van der Waals surface area contributed by atoms with Crippen molar-refractivity contribution >= 4 is 11.9 Å². The fourth-order valence-corrected chi connectivity index (χ4v) is 3.63. The second-order valence-corrected chi connectivity index (χ2v) is 7.07. The van der Waals surface area contributed by atoms with Gasteiger partial charge in [0.1, 0.15) is 0 Å². The van der Waals surface area contributed by atoms with Crippen molar-refractivity contribution in [3.63, 3.8) is 0 Å². The van der Waals surface area contributed by atoms with Gasteiger partial charge in [0.2, 0.25) is 5.91 Å². The molecule has 1 saturated heterocycles. The van der Waals surface area contributed by atoms with Gasteiger partial charge < -0.3 is 15.5 Å². The molecule has 0 radical (unpaired) electrons. The highest BCUT2D eigenvalue weighted by Crippen LogP contribution is 2.35. The number of rotatable bonds is 3. The van der Waals surface area contributed by atoms with E-state index in [1.807, 2.05) is 20.9 Å². The van der Waals surface area contributed by atoms with Gasteiger partial charge in [0, 0.05) is 33.7 Å². The first-order valence-corrected chi connectivity index (χ1v) is 8.15. The average Bonchev–Trinajstić information content (AvgIpc) is 2.90. The number of hydrogen-bond acceptors (Lipinski definition) is 2. The summed E-state index contributed by atoms with van der Waals surface area (Å²) in [7, 11) is 3.52. The standard InChI is InChI=1S/C16H30N4O/c1-16(2,14(21)17-3)11-19-15(18-4)20-9-12-7-5-6-8-13(12)10-20/h12-13H,5-11H2,1-4H3,(H,17,21)(H,18,19). The van der Waals surface area contributed by atoms with E-state index in [9.17, 15) is 4.79 Å². The van der Waals surface area contributed by atoms with Gasteiger partial charge in [0.25, 0.3) is 0 Å². The molecule has 0 aromatic heterocycles. The quantitative estimate of drug-likeness (QED) is 0.612. The van der Waals surface area contributed by atoms with Gasteiger partial charge in [-0.25, -0.2) is 0 Å². The summed E-state index contributed by atoms with van der Waals surface area (Å²) in [5, 5.41) is 6.12. The lowest BCUT2D eigenvalue weighted by molar-refractivity contribution is -0.128. The van der Waals surface area contributed by atoms with Crippen LogP contribution in [-0.2, 0) is 4.79 Å². The highest BCUT2D eigenvalue weighted by atomic mass is 16.2. The molecule has 0 aromatic carbocycles. The summed E-state index contributed by atoms with van der Waals surface area (Å²) in [6, 6.07) is 0. The molecule has 2 unspecified atom stereocenters. The van der Waals surface area contributed by atoms with Crippen molar-refractivity contribution in [2.45, 2.75) is 39.5 Å². The van der Waals surface area contributed by atoms with Crippen LogP contribution in [0.15, 0.2) is 4.99 Å². The number of hydrogen-bond donors (Lipinski definition) is 2. The molecule has 0 bridgehead atoms. The summed E-state index contributed by atoms with van der Waals surface area (Å²) >= 11 is 0. The molecule has 2 fully saturated rings. The van der Waals surface area contributed by atoms with Crippen molar-refractivity contribution in [3.05, 3.63) is 0 Å². The van der Waals surface area contributed by atoms with Gasteiger partial charge in [-0.15, -0.1) is 0 Å². The summed E-state index contributed by atoms with van der Waals surface area (Å²) in [6.45, 7) is 6.74. The minimum absolute atomic E-state index is 0.0561. The number of aliphatic imine (C=N–C) groups is 1. The molecule has 120 valence electrons. The Morgan fingerprint density at radius 1 is 1.24 bits per heavy atom. The number of nitrogens with one attached hydrogen (secondary N) is 2. The molecular formula is C16H30N4O. The molecule has 5 nitrogen and oxygen atoms in total. The third kappa shape index (κ3) is 3.69. The minimum atomic E-state index is -0.433. The van der Waals surface area contributed by atoms with Crippen molar-refractivity contribution in [1.29, 1.82) is 0 Å². The summed E-state index contributed by atoms with van der Waals surface area (Å²) in [5.74, 6) is 2.68. The topological polar surface area (TPSA) is 56.7 Å². The molecular weight excluding hydrogens is 264 g/mol. The summed E-state index contributed by atoms with van der Waals surface area (Å²) in [5.41, 5.74) is -0.433. The summed E-state index contributed by atoms with van der Waals surface area (Å²) < 4.78 is 0. The predicted octanol–water partition coefficient (Wildman–Crippen LogP) is 1.46. The van der Waals surface area contributed by atoms with E-state index >= 15 is 0 Å². The Labute approximate surface area is 128 Å². The van der Waals surface area contributed by atoms with Crippen LogP contribution in [0.4, 0.5) is 0 Å². The van der Waals surface area contributed by atoms with Crippen molar-refractivity contribution < 1.29 is 4.79 Å². The Kier molecular flexibility index (Phi) is 5.12. The Morgan fingerprint density at radius 2 is 1.81 bits per heavy atom. The zero-order chi connectivity index (χ0) is 15.5. The van der Waals surface area contributed by atoms with Crippen LogP contribution in [0.3, 0.4) is 0 Å². The van der Waals surface area contributed by atoms with E-state index in [0.717, 1.165) is 30.9 Å². The average molecular weight is 294 g/mol. The second kappa shape index (κ2) is 6.67. The SMILES string of the molecule is CN=C(NCC(C)(C)C(=O)NC)N1CC2CCCCC2C1. The summed E-state index contributed by atoms with van der Waals surface area (Å²) in [4.78, 5) is 18.6. The molecule has 2 rings (SSSR count). The maximum Gasteiger partial charge on any atom is 0.227 e. The van der Waals surface area contributed by atoms with E-state index in [1.165, 1.54) is 25.7 Å². The van der Waals surface area contributed by atoms with E-state index in [1.54, 1.807) is 7.05 Å². The van der Waals surface area contributed by atoms with E-state index < -0.39 is 5.41 Å². The van der Waals surface area contributed by atoms with Gasteiger partial charge >= 0.3 is 0 Å². The van der Waals surface area contributed by atoms with Crippen molar-refractivity contribution in [2.24, 2.45) is 22.2 Å². The highest BCUT2D eigenvalue weighted by Gasteiger charge is 2.36. The third-order valence-corrected chi connectivity index (χ3v) is 5.02. The molecule has 21 heavy (non-hydrogen) atoms. The van der Waals surface area contributed by atoms with Gasteiger partial charge in [-0.05, 0) is 38.5 Å². The summed E-state index contributed by atoms with van der Waals surface area (Å²) in [6.07, 6.45) is 5.49. The van der Waals surface area contributed by atoms with Crippen LogP contribution in [0.25, 0.3) is 0 Å². The predicted molar refractivity (Wildman–Crippen MR) is 86.2 cm³/mol. The number of likely N-dealkylation sites (tertiary alicyclic amines) is 1. The van der Waals surface area contributed by atoms with Crippen molar-refractivity contribution in [2.75, 3.05) is 33.7 Å². The lowest BCUT2D eigenvalue weighted by atomic mass is 9.82. The van der Waals surface area contributed by atoms with Gasteiger partial charge in [-0.1, -0.05) is 12.8 Å². The number of fused-ring (bicyclic) bond motifs is 1. The van der Waals surface area contributed by atoms with Gasteiger partial charge in [-0.3, -0.25) is 9.79 Å². The van der Waals surface area contributed by atoms with Gasteiger partial charge in [0.05, 0.1) is 5.41 Å². The molecule has 1 aliphatic heterocycles. The molecule has 2 N–H and O–H groups in total. The number of amides is 1. The maximum absolute atomic E-state index is 11.9. The molecule has 1 amide bonds. The van der Waals surface area contributed by atoms with Crippen LogP contribution in [0.1, 0.15) is 39.5 Å². The fraction of sp³-hybridized carbons (Fsp3) is 0.875. The Balaban J connectivity index is 1.91. The van der Waals surface area contributed by atoms with Crippen LogP contribution < -0.4 is 10.6 Å². The Hall–Kier alpha value is -1.26. The largest absolute Gasteiger partial charge is 0.359 e. The highest BCUT2D eigenvalue weighted by molar-refractivity contribution is 5.84. The molecule has 5 heteroatoms. The zero-order valence-corrected chi connectivity index (χ0v) is 13.9. The second-order valence-electron chi connectivity index (χ2n) is 7.07. The number of carbonyl (C=O) groups is 1. The smallest absolute Gasteiger partial charge is 0.227 e. The zero-order valence-electron chi connectivity index (χ0n) is 13.9. The normalized spacial score (nSPS) is 26.5. The van der Waals surface area contributed by atoms with Crippen LogP contribution in [-0.4, -0.2) is 50.5 Å². The van der Waals surface area contributed by atoms with Crippen LogP contribution in [0.2, 0.25) is 0 Å². The van der Waals surface area contributed by atoms with Crippen molar-refractivity contribution in [1.82, 2.24) is 15.5 Å². The monoisotopic (exact) mass is 294 g/mol. The van der Waals surface area contributed by atoms with E-state index in [2.05, 4.69) is 20.5 Å². The molecule has 1 saturated carbocycles.